The van der Waals surface area contributed by atoms with Crippen LogP contribution in [0.25, 0.3) is 0 Å². The SMILES string of the molecule is CC[C@H]1O[C@@H](O[Si](c2ccccc2)(c2ccccc2)C(C)(C)C)C/C=C\CC1=O. The lowest BCUT2D eigenvalue weighted by Gasteiger charge is -2.45. The minimum Gasteiger partial charge on any atom is -0.382 e. The topological polar surface area (TPSA) is 35.5 Å². The van der Waals surface area contributed by atoms with Crippen LogP contribution in [0.5, 0.6) is 0 Å². The first-order valence-electron chi connectivity index (χ1n) is 10.5. The first-order valence-corrected chi connectivity index (χ1v) is 12.4. The summed E-state index contributed by atoms with van der Waals surface area (Å²) in [6.07, 6.45) is 4.85. The first kappa shape index (κ1) is 21.7. The third kappa shape index (κ3) is 4.60. The number of carbonyl (C=O) groups excluding carboxylic acids is 1. The van der Waals surface area contributed by atoms with E-state index in [4.69, 9.17) is 9.16 Å². The summed E-state index contributed by atoms with van der Waals surface area (Å²) in [6.45, 7) is 8.75. The molecule has 2 aromatic rings. The average molecular weight is 409 g/mol. The second-order valence-corrected chi connectivity index (χ2v) is 12.9. The maximum Gasteiger partial charge on any atom is 0.264 e. The van der Waals surface area contributed by atoms with E-state index in [9.17, 15) is 4.79 Å². The predicted octanol–water partition coefficient (Wildman–Crippen LogP) is 4.60. The summed E-state index contributed by atoms with van der Waals surface area (Å²) in [5.41, 5.74) is 0. The molecule has 3 nitrogen and oxygen atoms in total. The third-order valence-electron chi connectivity index (χ3n) is 5.59. The van der Waals surface area contributed by atoms with Crippen LogP contribution in [-0.4, -0.2) is 26.5 Å². The summed E-state index contributed by atoms with van der Waals surface area (Å²) in [4.78, 5) is 12.4. The first-order chi connectivity index (χ1) is 13.9. The Balaban J connectivity index is 2.11. The number of carbonyl (C=O) groups is 1. The van der Waals surface area contributed by atoms with E-state index in [-0.39, 0.29) is 10.8 Å². The second-order valence-electron chi connectivity index (χ2n) is 8.62. The van der Waals surface area contributed by atoms with Crippen molar-refractivity contribution >= 4 is 24.5 Å². The molecule has 0 radical (unpaired) electrons. The molecule has 0 saturated heterocycles. The van der Waals surface area contributed by atoms with Crippen LogP contribution >= 0.6 is 0 Å². The van der Waals surface area contributed by atoms with Crippen LogP contribution in [0.15, 0.2) is 72.8 Å². The van der Waals surface area contributed by atoms with E-state index in [0.29, 0.717) is 19.3 Å². The molecule has 0 fully saturated rings. The second kappa shape index (κ2) is 9.20. The molecule has 29 heavy (non-hydrogen) atoms. The minimum atomic E-state index is -2.71. The van der Waals surface area contributed by atoms with Crippen LogP contribution in [0.4, 0.5) is 0 Å². The highest BCUT2D eigenvalue weighted by atomic mass is 28.4. The highest BCUT2D eigenvalue weighted by Crippen LogP contribution is 2.38. The van der Waals surface area contributed by atoms with Crippen molar-refractivity contribution < 1.29 is 14.0 Å². The van der Waals surface area contributed by atoms with Crippen LogP contribution in [0.3, 0.4) is 0 Å². The molecule has 154 valence electrons. The predicted molar refractivity (Wildman–Crippen MR) is 121 cm³/mol. The summed E-state index contributed by atoms with van der Waals surface area (Å²) in [6, 6.07) is 21.1. The summed E-state index contributed by atoms with van der Waals surface area (Å²) >= 11 is 0. The van der Waals surface area contributed by atoms with Crippen LogP contribution in [0.1, 0.15) is 47.0 Å². The number of ether oxygens (including phenoxy) is 1. The van der Waals surface area contributed by atoms with E-state index >= 15 is 0 Å². The Bertz CT molecular complexity index is 785. The highest BCUT2D eigenvalue weighted by Gasteiger charge is 2.51. The van der Waals surface area contributed by atoms with Gasteiger partial charge in [-0.2, -0.15) is 0 Å². The average Bonchev–Trinajstić information content (AvgIpc) is 2.71. The number of hydrogen-bond acceptors (Lipinski definition) is 3. The molecule has 1 aliphatic rings. The number of Topliss-reactive ketones (excluding diaryl/α,β-unsaturated/α-hetero) is 1. The van der Waals surface area contributed by atoms with Crippen LogP contribution in [0.2, 0.25) is 5.04 Å². The lowest BCUT2D eigenvalue weighted by molar-refractivity contribution is -0.154. The fourth-order valence-electron chi connectivity index (χ4n) is 4.14. The summed E-state index contributed by atoms with van der Waals surface area (Å²) in [5.74, 6) is 0.125. The highest BCUT2D eigenvalue weighted by molar-refractivity contribution is 6.99. The quantitative estimate of drug-likeness (QED) is 0.536. The number of ketones is 1. The number of rotatable bonds is 5. The number of benzene rings is 2. The van der Waals surface area contributed by atoms with E-state index in [2.05, 4.69) is 69.3 Å². The number of allylic oxidation sites excluding steroid dienone is 1. The lowest BCUT2D eigenvalue weighted by Crippen LogP contribution is -2.68. The van der Waals surface area contributed by atoms with Crippen LogP contribution < -0.4 is 10.4 Å². The van der Waals surface area contributed by atoms with Crippen molar-refractivity contribution in [2.75, 3.05) is 0 Å². The summed E-state index contributed by atoms with van der Waals surface area (Å²) < 4.78 is 13.3. The van der Waals surface area contributed by atoms with Gasteiger partial charge in [0.2, 0.25) is 0 Å². The van der Waals surface area contributed by atoms with Gasteiger partial charge in [0.1, 0.15) is 6.10 Å². The Morgan fingerprint density at radius 3 is 2.00 bits per heavy atom. The molecule has 0 unspecified atom stereocenters. The molecule has 1 heterocycles. The van der Waals surface area contributed by atoms with Crippen molar-refractivity contribution in [3.05, 3.63) is 72.8 Å². The van der Waals surface area contributed by atoms with Gasteiger partial charge in [0.25, 0.3) is 8.32 Å². The Morgan fingerprint density at radius 2 is 1.52 bits per heavy atom. The molecule has 2 aromatic carbocycles. The van der Waals surface area contributed by atoms with Gasteiger partial charge in [0.05, 0.1) is 0 Å². The van der Waals surface area contributed by atoms with Gasteiger partial charge >= 0.3 is 0 Å². The zero-order chi connectivity index (χ0) is 20.9. The van der Waals surface area contributed by atoms with E-state index in [1.165, 1.54) is 10.4 Å². The molecule has 0 amide bonds. The Hall–Kier alpha value is -2.01. The molecule has 0 aliphatic carbocycles. The fourth-order valence-corrected chi connectivity index (χ4v) is 8.70. The van der Waals surface area contributed by atoms with E-state index in [0.717, 1.165) is 0 Å². The van der Waals surface area contributed by atoms with E-state index < -0.39 is 20.7 Å². The molecular formula is C25H32O3Si. The van der Waals surface area contributed by atoms with Crippen molar-refractivity contribution in [3.63, 3.8) is 0 Å². The standard InChI is InChI=1S/C25H32O3Si/c1-5-23-22(26)18-12-13-19-24(27-23)28-29(25(2,3)4,20-14-8-6-9-15-20)21-16-10-7-11-17-21/h6-17,23-24H,5,18-19H2,1-4H3/b13-12-/t23-,24+/m1/s1. The van der Waals surface area contributed by atoms with Gasteiger partial charge in [0.15, 0.2) is 12.1 Å². The summed E-state index contributed by atoms with van der Waals surface area (Å²) in [5, 5.41) is 2.30. The van der Waals surface area contributed by atoms with Crippen molar-refractivity contribution in [1.29, 1.82) is 0 Å². The largest absolute Gasteiger partial charge is 0.382 e. The van der Waals surface area contributed by atoms with E-state index in [1.54, 1.807) is 0 Å². The Labute approximate surface area is 175 Å². The van der Waals surface area contributed by atoms with Gasteiger partial charge in [-0.05, 0) is 21.8 Å². The van der Waals surface area contributed by atoms with Crippen LogP contribution in [-0.2, 0) is 14.0 Å². The van der Waals surface area contributed by atoms with Gasteiger partial charge in [-0.15, -0.1) is 0 Å². The van der Waals surface area contributed by atoms with Crippen molar-refractivity contribution in [1.82, 2.24) is 0 Å². The van der Waals surface area contributed by atoms with E-state index in [1.807, 2.05) is 31.2 Å². The van der Waals surface area contributed by atoms with Crippen molar-refractivity contribution in [3.8, 4) is 0 Å². The normalized spacial score (nSPS) is 22.0. The van der Waals surface area contributed by atoms with Gasteiger partial charge in [-0.3, -0.25) is 4.79 Å². The molecule has 3 rings (SSSR count). The maximum absolute atomic E-state index is 12.4. The molecule has 0 saturated carbocycles. The van der Waals surface area contributed by atoms with Crippen LogP contribution in [0, 0.1) is 0 Å². The maximum atomic E-state index is 12.4. The fraction of sp³-hybridized carbons (Fsp3) is 0.400. The lowest BCUT2D eigenvalue weighted by atomic mass is 10.1. The molecule has 1 aliphatic heterocycles. The Morgan fingerprint density at radius 1 is 0.966 bits per heavy atom. The van der Waals surface area contributed by atoms with Gasteiger partial charge in [-0.25, -0.2) is 0 Å². The number of hydrogen-bond donors (Lipinski definition) is 0. The zero-order valence-corrected chi connectivity index (χ0v) is 18.9. The summed E-state index contributed by atoms with van der Waals surface area (Å²) in [7, 11) is -2.71. The van der Waals surface area contributed by atoms with Crippen molar-refractivity contribution in [2.24, 2.45) is 0 Å². The van der Waals surface area contributed by atoms with Gasteiger partial charge in [-0.1, -0.05) is 101 Å². The van der Waals surface area contributed by atoms with Crippen molar-refractivity contribution in [2.45, 2.75) is 64.4 Å². The minimum absolute atomic E-state index is 0.125. The van der Waals surface area contributed by atoms with Gasteiger partial charge in [0, 0.05) is 12.8 Å². The monoisotopic (exact) mass is 408 g/mol. The zero-order valence-electron chi connectivity index (χ0n) is 17.9. The third-order valence-corrected chi connectivity index (χ3v) is 10.6. The molecule has 0 N–H and O–H groups in total. The molecule has 2 atom stereocenters. The molecular weight excluding hydrogens is 376 g/mol. The Kier molecular flexibility index (Phi) is 6.88. The molecule has 0 spiro atoms. The molecule has 0 aromatic heterocycles. The van der Waals surface area contributed by atoms with Gasteiger partial charge < -0.3 is 9.16 Å². The molecule has 0 bridgehead atoms. The molecule has 4 heteroatoms. The smallest absolute Gasteiger partial charge is 0.264 e.